The van der Waals surface area contributed by atoms with Gasteiger partial charge in [-0.3, -0.25) is 0 Å². The van der Waals surface area contributed by atoms with Gasteiger partial charge in [-0.05, 0) is 43.6 Å². The Kier molecular flexibility index (Phi) is 2.39. The van der Waals surface area contributed by atoms with Crippen LogP contribution in [0.2, 0.25) is 0 Å². The monoisotopic (exact) mass is 181 g/mol. The minimum atomic E-state index is 0.521. The van der Waals surface area contributed by atoms with Gasteiger partial charge in [-0.2, -0.15) is 0 Å². The number of likely N-dealkylation sites (tertiary alicyclic amines) is 1. The molecule has 0 amide bonds. The van der Waals surface area contributed by atoms with Crippen molar-refractivity contribution in [1.82, 2.24) is 4.90 Å². The molecule has 2 rings (SSSR count). The van der Waals surface area contributed by atoms with E-state index >= 15 is 0 Å². The normalized spacial score (nSPS) is 32.1. The SMILES string of the molecule is CC(C)(C)C1CCCN(C2CC2)C1. The van der Waals surface area contributed by atoms with Crippen LogP contribution in [0.4, 0.5) is 0 Å². The minimum Gasteiger partial charge on any atom is -0.300 e. The fourth-order valence-corrected chi connectivity index (χ4v) is 2.48. The molecule has 1 nitrogen and oxygen atoms in total. The van der Waals surface area contributed by atoms with E-state index in [0.29, 0.717) is 5.41 Å². The number of hydrogen-bond donors (Lipinski definition) is 0. The summed E-state index contributed by atoms with van der Waals surface area (Å²) in [6.07, 6.45) is 5.82. The van der Waals surface area contributed by atoms with Gasteiger partial charge in [0.1, 0.15) is 0 Å². The smallest absolute Gasteiger partial charge is 0.00965 e. The molecular formula is C12H23N. The molecule has 76 valence electrons. The third-order valence-electron chi connectivity index (χ3n) is 3.74. The first-order valence-electron chi connectivity index (χ1n) is 5.81. The predicted octanol–water partition coefficient (Wildman–Crippen LogP) is 2.91. The van der Waals surface area contributed by atoms with Crippen molar-refractivity contribution in [3.05, 3.63) is 0 Å². The zero-order valence-corrected chi connectivity index (χ0v) is 9.34. The van der Waals surface area contributed by atoms with Gasteiger partial charge in [-0.1, -0.05) is 20.8 Å². The third-order valence-corrected chi connectivity index (χ3v) is 3.74. The second kappa shape index (κ2) is 3.27. The van der Waals surface area contributed by atoms with Gasteiger partial charge in [0.15, 0.2) is 0 Å². The summed E-state index contributed by atoms with van der Waals surface area (Å²) in [6.45, 7) is 9.93. The van der Waals surface area contributed by atoms with Crippen LogP contribution in [-0.2, 0) is 0 Å². The molecule has 1 heteroatoms. The maximum atomic E-state index is 2.74. The van der Waals surface area contributed by atoms with Crippen LogP contribution in [0, 0.1) is 11.3 Å². The van der Waals surface area contributed by atoms with E-state index in [1.165, 1.54) is 38.8 Å². The fraction of sp³-hybridized carbons (Fsp3) is 1.00. The molecule has 1 saturated heterocycles. The fourth-order valence-electron chi connectivity index (χ4n) is 2.48. The number of nitrogens with zero attached hydrogens (tertiary/aromatic N) is 1. The Labute approximate surface area is 82.5 Å². The lowest BCUT2D eigenvalue weighted by Crippen LogP contribution is -2.41. The first-order valence-corrected chi connectivity index (χ1v) is 5.81. The van der Waals surface area contributed by atoms with Crippen molar-refractivity contribution < 1.29 is 0 Å². The van der Waals surface area contributed by atoms with Gasteiger partial charge < -0.3 is 4.90 Å². The maximum absolute atomic E-state index is 2.74. The Hall–Kier alpha value is -0.0400. The zero-order chi connectivity index (χ0) is 9.47. The third kappa shape index (κ3) is 2.25. The number of rotatable bonds is 1. The lowest BCUT2D eigenvalue weighted by atomic mass is 9.76. The van der Waals surface area contributed by atoms with Crippen molar-refractivity contribution in [3.63, 3.8) is 0 Å². The number of hydrogen-bond acceptors (Lipinski definition) is 1. The van der Waals surface area contributed by atoms with Gasteiger partial charge in [0.25, 0.3) is 0 Å². The van der Waals surface area contributed by atoms with Crippen LogP contribution in [-0.4, -0.2) is 24.0 Å². The molecule has 0 aromatic rings. The Bertz CT molecular complexity index is 176. The highest BCUT2D eigenvalue weighted by molar-refractivity contribution is 4.90. The molecule has 2 aliphatic rings. The van der Waals surface area contributed by atoms with E-state index in [2.05, 4.69) is 25.7 Å². The van der Waals surface area contributed by atoms with Gasteiger partial charge >= 0.3 is 0 Å². The van der Waals surface area contributed by atoms with E-state index in [1.807, 2.05) is 0 Å². The van der Waals surface area contributed by atoms with Crippen molar-refractivity contribution >= 4 is 0 Å². The quantitative estimate of drug-likeness (QED) is 0.601. The van der Waals surface area contributed by atoms with Crippen LogP contribution in [0.25, 0.3) is 0 Å². The van der Waals surface area contributed by atoms with E-state index in [-0.39, 0.29) is 0 Å². The summed E-state index contributed by atoms with van der Waals surface area (Å²) in [5.74, 6) is 0.932. The van der Waals surface area contributed by atoms with Crippen LogP contribution in [0.15, 0.2) is 0 Å². The van der Waals surface area contributed by atoms with Gasteiger partial charge in [-0.25, -0.2) is 0 Å². The van der Waals surface area contributed by atoms with Crippen molar-refractivity contribution in [2.45, 2.75) is 52.5 Å². The molecule has 2 fully saturated rings. The van der Waals surface area contributed by atoms with Crippen molar-refractivity contribution in [1.29, 1.82) is 0 Å². The predicted molar refractivity (Wildman–Crippen MR) is 56.8 cm³/mol. The highest BCUT2D eigenvalue weighted by Crippen LogP contribution is 2.37. The van der Waals surface area contributed by atoms with Gasteiger partial charge in [0, 0.05) is 12.6 Å². The Balaban J connectivity index is 1.91. The topological polar surface area (TPSA) is 3.24 Å². The van der Waals surface area contributed by atoms with E-state index in [4.69, 9.17) is 0 Å². The lowest BCUT2D eigenvalue weighted by molar-refractivity contribution is 0.0940. The molecule has 1 atom stereocenters. The first-order chi connectivity index (χ1) is 6.07. The zero-order valence-electron chi connectivity index (χ0n) is 9.34. The molecule has 1 saturated carbocycles. The van der Waals surface area contributed by atoms with Crippen molar-refractivity contribution in [2.75, 3.05) is 13.1 Å². The summed E-state index contributed by atoms with van der Waals surface area (Å²) in [5.41, 5.74) is 0.521. The minimum absolute atomic E-state index is 0.521. The molecule has 1 heterocycles. The summed E-state index contributed by atoms with van der Waals surface area (Å²) in [7, 11) is 0. The summed E-state index contributed by atoms with van der Waals surface area (Å²) >= 11 is 0. The Morgan fingerprint density at radius 3 is 2.31 bits per heavy atom. The van der Waals surface area contributed by atoms with Gasteiger partial charge in [0.2, 0.25) is 0 Å². The molecule has 0 N–H and O–H groups in total. The molecule has 0 aromatic carbocycles. The van der Waals surface area contributed by atoms with Crippen LogP contribution < -0.4 is 0 Å². The van der Waals surface area contributed by atoms with Crippen LogP contribution in [0.5, 0.6) is 0 Å². The van der Waals surface area contributed by atoms with Gasteiger partial charge in [0.05, 0.1) is 0 Å². The summed E-state index contributed by atoms with van der Waals surface area (Å²) in [5, 5.41) is 0. The molecular weight excluding hydrogens is 158 g/mol. The Morgan fingerprint density at radius 1 is 1.08 bits per heavy atom. The lowest BCUT2D eigenvalue weighted by Gasteiger charge is -2.39. The van der Waals surface area contributed by atoms with Crippen LogP contribution in [0.3, 0.4) is 0 Å². The highest BCUT2D eigenvalue weighted by atomic mass is 15.2. The first kappa shape index (κ1) is 9.51. The molecule has 1 aliphatic heterocycles. The van der Waals surface area contributed by atoms with Crippen molar-refractivity contribution in [2.24, 2.45) is 11.3 Å². The van der Waals surface area contributed by atoms with Crippen molar-refractivity contribution in [3.8, 4) is 0 Å². The second-order valence-corrected chi connectivity index (χ2v) is 5.93. The van der Waals surface area contributed by atoms with E-state index in [9.17, 15) is 0 Å². The molecule has 0 bridgehead atoms. The molecule has 0 radical (unpaired) electrons. The molecule has 0 spiro atoms. The Morgan fingerprint density at radius 2 is 1.77 bits per heavy atom. The average molecular weight is 181 g/mol. The molecule has 1 aliphatic carbocycles. The van der Waals surface area contributed by atoms with E-state index < -0.39 is 0 Å². The summed E-state index contributed by atoms with van der Waals surface area (Å²) < 4.78 is 0. The molecule has 13 heavy (non-hydrogen) atoms. The summed E-state index contributed by atoms with van der Waals surface area (Å²) in [6, 6.07) is 0.977. The van der Waals surface area contributed by atoms with E-state index in [0.717, 1.165) is 12.0 Å². The van der Waals surface area contributed by atoms with Gasteiger partial charge in [-0.15, -0.1) is 0 Å². The van der Waals surface area contributed by atoms with Crippen LogP contribution >= 0.6 is 0 Å². The second-order valence-electron chi connectivity index (χ2n) is 5.93. The summed E-state index contributed by atoms with van der Waals surface area (Å²) in [4.78, 5) is 2.74. The standard InChI is InChI=1S/C12H23N/c1-12(2,3)10-5-4-8-13(9-10)11-6-7-11/h10-11H,4-9H2,1-3H3. The molecule has 1 unspecified atom stereocenters. The largest absolute Gasteiger partial charge is 0.300 e. The van der Waals surface area contributed by atoms with E-state index in [1.54, 1.807) is 0 Å². The highest BCUT2D eigenvalue weighted by Gasteiger charge is 2.35. The number of piperidine rings is 1. The maximum Gasteiger partial charge on any atom is 0.00965 e. The van der Waals surface area contributed by atoms with Crippen LogP contribution in [0.1, 0.15) is 46.5 Å². The molecule has 0 aromatic heterocycles. The average Bonchev–Trinajstić information content (AvgIpc) is 2.85.